The van der Waals surface area contributed by atoms with E-state index in [9.17, 15) is 4.79 Å². The second-order valence-corrected chi connectivity index (χ2v) is 7.12. The largest absolute Gasteiger partial charge is 0.337 e. The second-order valence-electron chi connectivity index (χ2n) is 7.12. The molecule has 1 N–H and O–H groups in total. The first-order valence-electron chi connectivity index (χ1n) is 9.59. The Bertz CT molecular complexity index is 493. The highest BCUT2D eigenvalue weighted by Crippen LogP contribution is 2.14. The molecule has 0 saturated carbocycles. The summed E-state index contributed by atoms with van der Waals surface area (Å²) >= 11 is 0. The van der Waals surface area contributed by atoms with Crippen LogP contribution in [0.15, 0.2) is 30.3 Å². The number of carbonyl (C=O) groups excluding carboxylic acids is 1. The van der Waals surface area contributed by atoms with Crippen molar-refractivity contribution in [3.63, 3.8) is 0 Å². The number of likely N-dealkylation sites (tertiary alicyclic amines) is 1. The van der Waals surface area contributed by atoms with Gasteiger partial charge in [0.1, 0.15) is 0 Å². The predicted molar refractivity (Wildman–Crippen MR) is 98.0 cm³/mol. The number of rotatable bonds is 7. The lowest BCUT2D eigenvalue weighted by Gasteiger charge is -2.33. The quantitative estimate of drug-likeness (QED) is 0.834. The zero-order valence-corrected chi connectivity index (χ0v) is 14.8. The molecule has 2 aliphatic heterocycles. The van der Waals surface area contributed by atoms with E-state index < -0.39 is 0 Å². The van der Waals surface area contributed by atoms with E-state index in [1.54, 1.807) is 0 Å². The summed E-state index contributed by atoms with van der Waals surface area (Å²) in [6.07, 6.45) is 6.56. The number of carbonyl (C=O) groups is 1. The van der Waals surface area contributed by atoms with E-state index in [4.69, 9.17) is 0 Å². The van der Waals surface area contributed by atoms with Crippen LogP contribution in [0.25, 0.3) is 0 Å². The fourth-order valence-corrected chi connectivity index (χ4v) is 3.89. The van der Waals surface area contributed by atoms with E-state index in [-0.39, 0.29) is 0 Å². The molecule has 24 heavy (non-hydrogen) atoms. The van der Waals surface area contributed by atoms with Crippen LogP contribution in [0.3, 0.4) is 0 Å². The molecule has 132 valence electrons. The number of benzene rings is 1. The number of aryl methyl sites for hydroxylation is 1. The Morgan fingerprint density at radius 2 is 1.96 bits per heavy atom. The van der Waals surface area contributed by atoms with Gasteiger partial charge in [-0.1, -0.05) is 36.8 Å². The lowest BCUT2D eigenvalue weighted by Crippen LogP contribution is -2.46. The van der Waals surface area contributed by atoms with Crippen molar-refractivity contribution < 1.29 is 4.79 Å². The zero-order valence-electron chi connectivity index (χ0n) is 14.8. The van der Waals surface area contributed by atoms with E-state index in [0.29, 0.717) is 18.4 Å². The van der Waals surface area contributed by atoms with Gasteiger partial charge in [-0.2, -0.15) is 0 Å². The Labute approximate surface area is 146 Å². The van der Waals surface area contributed by atoms with E-state index in [0.717, 1.165) is 39.0 Å². The Morgan fingerprint density at radius 3 is 2.67 bits per heavy atom. The highest BCUT2D eigenvalue weighted by Gasteiger charge is 2.26. The average Bonchev–Trinajstić information content (AvgIpc) is 3.16. The van der Waals surface area contributed by atoms with Gasteiger partial charge in [0.05, 0.1) is 0 Å². The van der Waals surface area contributed by atoms with Gasteiger partial charge in [0.2, 0.25) is 5.91 Å². The number of nitrogens with one attached hydrogen (secondary N) is 1. The van der Waals surface area contributed by atoms with Gasteiger partial charge in [0.25, 0.3) is 0 Å². The van der Waals surface area contributed by atoms with Crippen LogP contribution in [0.1, 0.15) is 37.7 Å². The summed E-state index contributed by atoms with van der Waals surface area (Å²) in [6, 6.07) is 10.7. The molecule has 0 spiro atoms. The van der Waals surface area contributed by atoms with E-state index >= 15 is 0 Å². The van der Waals surface area contributed by atoms with E-state index in [1.165, 1.54) is 37.9 Å². The summed E-state index contributed by atoms with van der Waals surface area (Å²) in [5.74, 6) is 0.324. The van der Waals surface area contributed by atoms with Gasteiger partial charge in [0, 0.05) is 32.1 Å². The Kier molecular flexibility index (Phi) is 6.67. The molecular weight excluding hydrogens is 298 g/mol. The van der Waals surface area contributed by atoms with Crippen LogP contribution in [0, 0.1) is 0 Å². The molecule has 4 nitrogen and oxygen atoms in total. The molecule has 0 radical (unpaired) electrons. The van der Waals surface area contributed by atoms with Crippen LogP contribution in [0.4, 0.5) is 0 Å². The molecule has 1 aromatic carbocycles. The number of hydrogen-bond acceptors (Lipinski definition) is 3. The molecule has 1 amide bonds. The zero-order chi connectivity index (χ0) is 16.6. The standard InChI is InChI=1S/C20H31N3O/c24-20(10-9-18-7-3-1-4-8-18)23(19-11-12-21-17-19)16-15-22-13-5-2-6-14-22/h1,3-4,7-8,19,21H,2,5-6,9-17H2. The summed E-state index contributed by atoms with van der Waals surface area (Å²) in [5.41, 5.74) is 1.26. The van der Waals surface area contributed by atoms with Gasteiger partial charge in [-0.15, -0.1) is 0 Å². The van der Waals surface area contributed by atoms with Crippen molar-refractivity contribution in [2.24, 2.45) is 0 Å². The molecule has 0 aliphatic carbocycles. The summed E-state index contributed by atoms with van der Waals surface area (Å²) < 4.78 is 0. The molecule has 1 unspecified atom stereocenters. The molecule has 0 aromatic heterocycles. The Morgan fingerprint density at radius 1 is 1.17 bits per heavy atom. The van der Waals surface area contributed by atoms with Gasteiger partial charge in [-0.25, -0.2) is 0 Å². The fourth-order valence-electron chi connectivity index (χ4n) is 3.89. The minimum Gasteiger partial charge on any atom is -0.337 e. The molecule has 3 rings (SSSR count). The van der Waals surface area contributed by atoms with Crippen molar-refractivity contribution in [2.45, 2.75) is 44.6 Å². The molecule has 2 aliphatic rings. The molecule has 4 heteroatoms. The molecule has 1 aromatic rings. The van der Waals surface area contributed by atoms with Crippen molar-refractivity contribution in [1.29, 1.82) is 0 Å². The molecule has 2 fully saturated rings. The van der Waals surface area contributed by atoms with Gasteiger partial charge in [-0.3, -0.25) is 4.79 Å². The Balaban J connectivity index is 1.53. The maximum Gasteiger partial charge on any atom is 0.223 e. The summed E-state index contributed by atoms with van der Waals surface area (Å²) in [4.78, 5) is 17.6. The third-order valence-electron chi connectivity index (χ3n) is 5.37. The topological polar surface area (TPSA) is 35.6 Å². The number of hydrogen-bond donors (Lipinski definition) is 1. The molecule has 2 saturated heterocycles. The van der Waals surface area contributed by atoms with Crippen LogP contribution < -0.4 is 5.32 Å². The lowest BCUT2D eigenvalue weighted by molar-refractivity contribution is -0.133. The average molecular weight is 329 g/mol. The Hall–Kier alpha value is -1.39. The van der Waals surface area contributed by atoms with Crippen molar-refractivity contribution in [3.8, 4) is 0 Å². The van der Waals surface area contributed by atoms with Crippen LogP contribution in [-0.2, 0) is 11.2 Å². The minimum atomic E-state index is 0.324. The van der Waals surface area contributed by atoms with E-state index in [1.807, 2.05) is 6.07 Å². The van der Waals surface area contributed by atoms with Crippen molar-refractivity contribution in [2.75, 3.05) is 39.3 Å². The monoisotopic (exact) mass is 329 g/mol. The van der Waals surface area contributed by atoms with Crippen LogP contribution in [0.2, 0.25) is 0 Å². The second kappa shape index (κ2) is 9.19. The third-order valence-corrected chi connectivity index (χ3v) is 5.37. The summed E-state index contributed by atoms with van der Waals surface area (Å²) in [5, 5.41) is 3.41. The number of piperidine rings is 1. The van der Waals surface area contributed by atoms with Crippen LogP contribution in [-0.4, -0.2) is 61.0 Å². The fraction of sp³-hybridized carbons (Fsp3) is 0.650. The van der Waals surface area contributed by atoms with Gasteiger partial charge in [0.15, 0.2) is 0 Å². The van der Waals surface area contributed by atoms with Crippen molar-refractivity contribution in [1.82, 2.24) is 15.1 Å². The maximum absolute atomic E-state index is 12.9. The third kappa shape index (κ3) is 5.05. The maximum atomic E-state index is 12.9. The normalized spacial score (nSPS) is 21.8. The number of amides is 1. The van der Waals surface area contributed by atoms with E-state index in [2.05, 4.69) is 39.4 Å². The van der Waals surface area contributed by atoms with Crippen molar-refractivity contribution in [3.05, 3.63) is 35.9 Å². The smallest absolute Gasteiger partial charge is 0.223 e. The summed E-state index contributed by atoms with van der Waals surface area (Å²) in [7, 11) is 0. The van der Waals surface area contributed by atoms with Crippen molar-refractivity contribution >= 4 is 5.91 Å². The first-order valence-corrected chi connectivity index (χ1v) is 9.59. The van der Waals surface area contributed by atoms with Crippen LogP contribution >= 0.6 is 0 Å². The SMILES string of the molecule is O=C(CCc1ccccc1)N(CCN1CCCCC1)C1CCNC1. The van der Waals surface area contributed by atoms with Gasteiger partial charge >= 0.3 is 0 Å². The highest BCUT2D eigenvalue weighted by atomic mass is 16.2. The lowest BCUT2D eigenvalue weighted by atomic mass is 10.1. The van der Waals surface area contributed by atoms with Gasteiger partial charge < -0.3 is 15.1 Å². The first-order chi connectivity index (χ1) is 11.8. The molecule has 2 heterocycles. The molecule has 1 atom stereocenters. The minimum absolute atomic E-state index is 0.324. The van der Waals surface area contributed by atoms with Gasteiger partial charge in [-0.05, 0) is 50.9 Å². The highest BCUT2D eigenvalue weighted by molar-refractivity contribution is 5.77. The molecule has 0 bridgehead atoms. The summed E-state index contributed by atoms with van der Waals surface area (Å²) in [6.45, 7) is 6.32. The molecular formula is C20H31N3O. The predicted octanol–water partition coefficient (Wildman–Crippen LogP) is 2.30. The number of nitrogens with zero attached hydrogens (tertiary/aromatic N) is 2. The first kappa shape index (κ1) is 17.4. The van der Waals surface area contributed by atoms with Crippen LogP contribution in [0.5, 0.6) is 0 Å².